The summed E-state index contributed by atoms with van der Waals surface area (Å²) < 4.78 is 45.4. The Bertz CT molecular complexity index is 604. The zero-order valence-corrected chi connectivity index (χ0v) is 13.7. The van der Waals surface area contributed by atoms with E-state index in [2.05, 4.69) is 0 Å². The van der Waals surface area contributed by atoms with Crippen LogP contribution >= 0.6 is 11.6 Å². The summed E-state index contributed by atoms with van der Waals surface area (Å²) in [6, 6.07) is 3.35. The van der Waals surface area contributed by atoms with Gasteiger partial charge >= 0.3 is 0 Å². The molecular weight excluding hydrogens is 331 g/mol. The van der Waals surface area contributed by atoms with Crippen LogP contribution in [-0.2, 0) is 14.8 Å². The van der Waals surface area contributed by atoms with E-state index in [1.54, 1.807) is 0 Å². The van der Waals surface area contributed by atoms with Crippen molar-refractivity contribution in [3.05, 3.63) is 29.0 Å². The smallest absolute Gasteiger partial charge is 0.244 e. The number of benzene rings is 1. The van der Waals surface area contributed by atoms with Crippen LogP contribution in [0.1, 0.15) is 19.3 Å². The third kappa shape index (κ3) is 4.17. The molecule has 1 fully saturated rings. The SMILES string of the molecule is NCCCOC1CCN(S(=O)(=O)c2cc(F)ccc2Cl)CC1. The molecule has 1 aromatic carbocycles. The van der Waals surface area contributed by atoms with Gasteiger partial charge in [0.15, 0.2) is 0 Å². The predicted molar refractivity (Wildman–Crippen MR) is 82.8 cm³/mol. The molecule has 0 saturated carbocycles. The molecule has 0 amide bonds. The fourth-order valence-electron chi connectivity index (χ4n) is 2.39. The van der Waals surface area contributed by atoms with E-state index in [0.717, 1.165) is 18.6 Å². The third-order valence-corrected chi connectivity index (χ3v) is 5.99. The second kappa shape index (κ2) is 7.70. The number of piperidine rings is 1. The fraction of sp³-hybridized carbons (Fsp3) is 0.571. The molecule has 124 valence electrons. The lowest BCUT2D eigenvalue weighted by atomic mass is 10.1. The molecule has 22 heavy (non-hydrogen) atoms. The van der Waals surface area contributed by atoms with Crippen LogP contribution in [0.25, 0.3) is 0 Å². The maximum Gasteiger partial charge on any atom is 0.244 e. The topological polar surface area (TPSA) is 72.6 Å². The molecule has 1 aromatic rings. The standard InChI is InChI=1S/C14H20ClFN2O3S/c15-13-3-2-11(16)10-14(13)22(19,20)18-7-4-12(5-8-18)21-9-1-6-17/h2-3,10,12H,1,4-9,17H2. The number of ether oxygens (including phenoxy) is 1. The van der Waals surface area contributed by atoms with Crippen LogP contribution in [0.5, 0.6) is 0 Å². The van der Waals surface area contributed by atoms with Crippen LogP contribution in [-0.4, -0.2) is 45.1 Å². The molecule has 8 heteroatoms. The second-order valence-corrected chi connectivity index (χ2v) is 7.50. The Kier molecular flexibility index (Phi) is 6.17. The lowest BCUT2D eigenvalue weighted by molar-refractivity contribution is 0.0209. The zero-order chi connectivity index (χ0) is 16.2. The van der Waals surface area contributed by atoms with E-state index in [9.17, 15) is 12.8 Å². The highest BCUT2D eigenvalue weighted by molar-refractivity contribution is 7.89. The van der Waals surface area contributed by atoms with Crippen LogP contribution in [0.2, 0.25) is 5.02 Å². The van der Waals surface area contributed by atoms with E-state index in [1.165, 1.54) is 10.4 Å². The van der Waals surface area contributed by atoms with Crippen molar-refractivity contribution in [3.63, 3.8) is 0 Å². The van der Waals surface area contributed by atoms with Gasteiger partial charge in [0.25, 0.3) is 0 Å². The van der Waals surface area contributed by atoms with Gasteiger partial charge in [-0.2, -0.15) is 4.31 Å². The molecule has 1 heterocycles. The Balaban J connectivity index is 2.02. The highest BCUT2D eigenvalue weighted by atomic mass is 35.5. The Labute approximate surface area is 135 Å². The van der Waals surface area contributed by atoms with Gasteiger partial charge in [0.2, 0.25) is 10.0 Å². The predicted octanol–water partition coefficient (Wildman–Crippen LogP) is 2.00. The third-order valence-electron chi connectivity index (χ3n) is 3.61. The van der Waals surface area contributed by atoms with Crippen LogP contribution in [0.15, 0.2) is 23.1 Å². The van der Waals surface area contributed by atoms with Crippen LogP contribution in [0.4, 0.5) is 4.39 Å². The van der Waals surface area contributed by atoms with Gasteiger partial charge in [0.1, 0.15) is 10.7 Å². The minimum Gasteiger partial charge on any atom is -0.378 e. The van der Waals surface area contributed by atoms with Crippen molar-refractivity contribution < 1.29 is 17.5 Å². The number of hydrogen-bond donors (Lipinski definition) is 1. The van der Waals surface area contributed by atoms with Gasteiger partial charge in [-0.15, -0.1) is 0 Å². The summed E-state index contributed by atoms with van der Waals surface area (Å²) in [5, 5.41) is 0.0303. The molecule has 0 unspecified atom stereocenters. The summed E-state index contributed by atoms with van der Waals surface area (Å²) in [5.41, 5.74) is 5.40. The van der Waals surface area contributed by atoms with Crippen molar-refractivity contribution in [2.75, 3.05) is 26.2 Å². The van der Waals surface area contributed by atoms with E-state index >= 15 is 0 Å². The summed E-state index contributed by atoms with van der Waals surface area (Å²) in [7, 11) is -3.78. The molecule has 0 aromatic heterocycles. The summed E-state index contributed by atoms with van der Waals surface area (Å²) in [6.45, 7) is 1.83. The number of rotatable bonds is 6. The van der Waals surface area contributed by atoms with Crippen molar-refractivity contribution in [2.24, 2.45) is 5.73 Å². The average Bonchev–Trinajstić information content (AvgIpc) is 2.50. The quantitative estimate of drug-likeness (QED) is 0.796. The highest BCUT2D eigenvalue weighted by Gasteiger charge is 2.31. The van der Waals surface area contributed by atoms with E-state index in [-0.39, 0.29) is 16.0 Å². The van der Waals surface area contributed by atoms with Gasteiger partial charge in [0.05, 0.1) is 11.1 Å². The summed E-state index contributed by atoms with van der Waals surface area (Å²) >= 11 is 5.90. The molecular formula is C14H20ClFN2O3S. The Morgan fingerprint density at radius 2 is 2.05 bits per heavy atom. The summed E-state index contributed by atoms with van der Waals surface area (Å²) in [5.74, 6) is -0.622. The van der Waals surface area contributed by atoms with E-state index in [4.69, 9.17) is 22.1 Å². The van der Waals surface area contributed by atoms with Gasteiger partial charge in [-0.1, -0.05) is 11.6 Å². The van der Waals surface area contributed by atoms with Gasteiger partial charge in [-0.25, -0.2) is 12.8 Å². The van der Waals surface area contributed by atoms with E-state index < -0.39 is 15.8 Å². The highest BCUT2D eigenvalue weighted by Crippen LogP contribution is 2.28. The maximum atomic E-state index is 13.3. The van der Waals surface area contributed by atoms with Gasteiger partial charge in [0, 0.05) is 19.7 Å². The van der Waals surface area contributed by atoms with E-state index in [1.807, 2.05) is 0 Å². The van der Waals surface area contributed by atoms with E-state index in [0.29, 0.717) is 39.1 Å². The molecule has 1 aliphatic rings. The normalized spacial score (nSPS) is 17.8. The number of halogens is 2. The zero-order valence-electron chi connectivity index (χ0n) is 12.2. The first kappa shape index (κ1) is 17.6. The number of hydrogen-bond acceptors (Lipinski definition) is 4. The Hall–Kier alpha value is -0.730. The number of nitrogens with zero attached hydrogens (tertiary/aromatic N) is 1. The molecule has 0 radical (unpaired) electrons. The maximum absolute atomic E-state index is 13.3. The first-order valence-electron chi connectivity index (χ1n) is 7.22. The lowest BCUT2D eigenvalue weighted by Gasteiger charge is -2.31. The lowest BCUT2D eigenvalue weighted by Crippen LogP contribution is -2.41. The Morgan fingerprint density at radius 1 is 1.36 bits per heavy atom. The molecule has 2 rings (SSSR count). The van der Waals surface area contributed by atoms with Crippen molar-refractivity contribution in [3.8, 4) is 0 Å². The summed E-state index contributed by atoms with van der Waals surface area (Å²) in [4.78, 5) is -0.184. The molecule has 0 aliphatic carbocycles. The van der Waals surface area contributed by atoms with Crippen molar-refractivity contribution >= 4 is 21.6 Å². The number of sulfonamides is 1. The first-order valence-corrected chi connectivity index (χ1v) is 9.04. The van der Waals surface area contributed by atoms with Crippen molar-refractivity contribution in [2.45, 2.75) is 30.3 Å². The van der Waals surface area contributed by atoms with Crippen LogP contribution < -0.4 is 5.73 Å². The van der Waals surface area contributed by atoms with Crippen LogP contribution in [0, 0.1) is 5.82 Å². The fourth-order valence-corrected chi connectivity index (χ4v) is 4.34. The molecule has 1 aliphatic heterocycles. The molecule has 0 atom stereocenters. The monoisotopic (exact) mass is 350 g/mol. The minimum atomic E-state index is -3.78. The molecule has 1 saturated heterocycles. The molecule has 0 bridgehead atoms. The largest absolute Gasteiger partial charge is 0.378 e. The first-order chi connectivity index (χ1) is 10.4. The van der Waals surface area contributed by atoms with Gasteiger partial charge in [-0.3, -0.25) is 0 Å². The van der Waals surface area contributed by atoms with Crippen molar-refractivity contribution in [1.29, 1.82) is 0 Å². The number of nitrogens with two attached hydrogens (primary N) is 1. The minimum absolute atomic E-state index is 0.0303. The van der Waals surface area contributed by atoms with Gasteiger partial charge in [-0.05, 0) is 44.0 Å². The molecule has 5 nitrogen and oxygen atoms in total. The average molecular weight is 351 g/mol. The second-order valence-electron chi connectivity index (χ2n) is 5.19. The molecule has 0 spiro atoms. The summed E-state index contributed by atoms with van der Waals surface area (Å²) in [6.07, 6.45) is 2.05. The van der Waals surface area contributed by atoms with Gasteiger partial charge < -0.3 is 10.5 Å². The van der Waals surface area contributed by atoms with Crippen LogP contribution in [0.3, 0.4) is 0 Å². The molecule has 2 N–H and O–H groups in total. The van der Waals surface area contributed by atoms with Crippen molar-refractivity contribution in [1.82, 2.24) is 4.31 Å². The Morgan fingerprint density at radius 3 is 2.68 bits per heavy atom.